The second-order valence-electron chi connectivity index (χ2n) is 6.31. The van der Waals surface area contributed by atoms with Crippen LogP contribution >= 0.6 is 24.0 Å². The number of hydrogen-bond acceptors (Lipinski definition) is 3. The molecule has 0 atom stereocenters. The molecule has 1 amide bonds. The van der Waals surface area contributed by atoms with Crippen LogP contribution < -0.4 is 16.0 Å². The highest BCUT2D eigenvalue weighted by atomic mass is 127. The molecule has 154 valence electrons. The van der Waals surface area contributed by atoms with Crippen molar-refractivity contribution in [3.05, 3.63) is 53.3 Å². The number of guanidine groups is 1. The Morgan fingerprint density at radius 3 is 2.46 bits per heavy atom. The molecule has 1 aromatic heterocycles. The number of carbonyl (C=O) groups excluding carboxylic acids is 1. The van der Waals surface area contributed by atoms with Gasteiger partial charge in [-0.3, -0.25) is 14.5 Å². The summed E-state index contributed by atoms with van der Waals surface area (Å²) in [7, 11) is 0. The maximum atomic E-state index is 12.0. The van der Waals surface area contributed by atoms with Gasteiger partial charge < -0.3 is 16.0 Å². The molecule has 0 aliphatic carbocycles. The first-order valence-corrected chi connectivity index (χ1v) is 9.46. The minimum atomic E-state index is -0.0655. The number of nitrogens with zero attached hydrogens (tertiary/aromatic N) is 3. The van der Waals surface area contributed by atoms with Gasteiger partial charge in [0, 0.05) is 44.0 Å². The minimum absolute atomic E-state index is 0. The van der Waals surface area contributed by atoms with Crippen molar-refractivity contribution in [2.45, 2.75) is 33.7 Å². The molecule has 2 aromatic rings. The predicted octanol–water partition coefficient (Wildman–Crippen LogP) is 2.49. The van der Waals surface area contributed by atoms with Crippen LogP contribution in [0.5, 0.6) is 0 Å². The van der Waals surface area contributed by atoms with Crippen LogP contribution in [0.2, 0.25) is 0 Å². The Bertz CT molecular complexity index is 744. The van der Waals surface area contributed by atoms with E-state index in [1.54, 1.807) is 12.1 Å². The number of benzene rings is 1. The lowest BCUT2D eigenvalue weighted by Gasteiger charge is -2.12. The number of aryl methyl sites for hydroxylation is 3. The number of carbonyl (C=O) groups is 1. The lowest BCUT2D eigenvalue weighted by molar-refractivity contribution is 0.0954. The van der Waals surface area contributed by atoms with Gasteiger partial charge in [-0.2, -0.15) is 5.10 Å². The Morgan fingerprint density at radius 2 is 1.82 bits per heavy atom. The zero-order valence-corrected chi connectivity index (χ0v) is 19.2. The monoisotopic (exact) mass is 498 g/mol. The molecule has 8 heteroatoms. The normalized spacial score (nSPS) is 10.9. The van der Waals surface area contributed by atoms with Crippen LogP contribution in [0, 0.1) is 13.8 Å². The van der Waals surface area contributed by atoms with Gasteiger partial charge in [-0.05, 0) is 45.4 Å². The van der Waals surface area contributed by atoms with Crippen LogP contribution in [-0.2, 0) is 6.54 Å². The van der Waals surface area contributed by atoms with E-state index in [1.807, 2.05) is 36.7 Å². The summed E-state index contributed by atoms with van der Waals surface area (Å²) in [6.07, 6.45) is 0.920. The van der Waals surface area contributed by atoms with Crippen LogP contribution in [0.3, 0.4) is 0 Å². The van der Waals surface area contributed by atoms with E-state index in [-0.39, 0.29) is 29.9 Å². The van der Waals surface area contributed by atoms with Gasteiger partial charge in [0.1, 0.15) is 0 Å². The fourth-order valence-corrected chi connectivity index (χ4v) is 2.70. The number of hydrogen-bond donors (Lipinski definition) is 3. The van der Waals surface area contributed by atoms with Crippen molar-refractivity contribution in [3.63, 3.8) is 0 Å². The predicted molar refractivity (Wildman–Crippen MR) is 124 cm³/mol. The van der Waals surface area contributed by atoms with Crippen LogP contribution in [0.4, 0.5) is 0 Å². The molecule has 0 spiro atoms. The quantitative estimate of drug-likeness (QED) is 0.215. The maximum absolute atomic E-state index is 12.0. The smallest absolute Gasteiger partial charge is 0.251 e. The first-order valence-electron chi connectivity index (χ1n) is 9.46. The highest BCUT2D eigenvalue weighted by Gasteiger charge is 2.04. The molecule has 1 aromatic carbocycles. The SMILES string of the molecule is CCNC(=NCCCn1nc(C)cc1C)NCCNC(=O)c1ccccc1.I. The lowest BCUT2D eigenvalue weighted by Crippen LogP contribution is -2.41. The van der Waals surface area contributed by atoms with E-state index < -0.39 is 0 Å². The van der Waals surface area contributed by atoms with Crippen LogP contribution in [0.15, 0.2) is 41.4 Å². The van der Waals surface area contributed by atoms with Gasteiger partial charge in [0.2, 0.25) is 0 Å². The molecule has 2 rings (SSSR count). The van der Waals surface area contributed by atoms with Crippen molar-refractivity contribution in [2.24, 2.45) is 4.99 Å². The highest BCUT2D eigenvalue weighted by molar-refractivity contribution is 14.0. The van der Waals surface area contributed by atoms with E-state index in [0.717, 1.165) is 31.2 Å². The number of aromatic nitrogens is 2. The largest absolute Gasteiger partial charge is 0.357 e. The molecule has 0 aliphatic rings. The van der Waals surface area contributed by atoms with E-state index in [4.69, 9.17) is 0 Å². The molecular weight excluding hydrogens is 467 g/mol. The van der Waals surface area contributed by atoms with Crippen LogP contribution in [0.1, 0.15) is 35.1 Å². The summed E-state index contributed by atoms with van der Waals surface area (Å²) in [5.41, 5.74) is 2.89. The first-order chi connectivity index (χ1) is 13.1. The summed E-state index contributed by atoms with van der Waals surface area (Å²) in [5.74, 6) is 0.698. The summed E-state index contributed by atoms with van der Waals surface area (Å²) in [5, 5.41) is 13.8. The van der Waals surface area contributed by atoms with Crippen LogP contribution in [0.25, 0.3) is 0 Å². The molecule has 0 saturated heterocycles. The molecule has 7 nitrogen and oxygen atoms in total. The molecule has 3 N–H and O–H groups in total. The lowest BCUT2D eigenvalue weighted by atomic mass is 10.2. The van der Waals surface area contributed by atoms with Crippen molar-refractivity contribution in [2.75, 3.05) is 26.2 Å². The summed E-state index contributed by atoms with van der Waals surface area (Å²) >= 11 is 0. The molecule has 0 bridgehead atoms. The van der Waals surface area contributed by atoms with Gasteiger partial charge in [-0.25, -0.2) is 0 Å². The zero-order valence-electron chi connectivity index (χ0n) is 16.9. The average Bonchev–Trinajstić information content (AvgIpc) is 2.99. The summed E-state index contributed by atoms with van der Waals surface area (Å²) in [4.78, 5) is 16.6. The van der Waals surface area contributed by atoms with Crippen molar-refractivity contribution in [1.29, 1.82) is 0 Å². The molecule has 0 unspecified atom stereocenters. The Balaban J connectivity index is 0.00000392. The van der Waals surface area contributed by atoms with Crippen molar-refractivity contribution >= 4 is 35.8 Å². The Labute approximate surface area is 184 Å². The summed E-state index contributed by atoms with van der Waals surface area (Å²) in [6.45, 7) is 9.61. The molecule has 1 heterocycles. The van der Waals surface area contributed by atoms with Gasteiger partial charge in [-0.15, -0.1) is 24.0 Å². The van der Waals surface area contributed by atoms with E-state index >= 15 is 0 Å². The Morgan fingerprint density at radius 1 is 1.11 bits per heavy atom. The van der Waals surface area contributed by atoms with E-state index in [1.165, 1.54) is 5.69 Å². The number of nitrogens with one attached hydrogen (secondary N) is 3. The van der Waals surface area contributed by atoms with Crippen molar-refractivity contribution < 1.29 is 4.79 Å². The zero-order chi connectivity index (χ0) is 19.5. The van der Waals surface area contributed by atoms with Gasteiger partial charge in [-0.1, -0.05) is 18.2 Å². The third-order valence-corrected chi connectivity index (χ3v) is 3.98. The summed E-state index contributed by atoms with van der Waals surface area (Å²) in [6, 6.07) is 11.3. The molecule has 28 heavy (non-hydrogen) atoms. The minimum Gasteiger partial charge on any atom is -0.357 e. The molecule has 0 fully saturated rings. The standard InChI is InChI=1S/C20H30N6O.HI/c1-4-21-20(23-11-8-14-26-17(3)15-16(2)25-26)24-13-12-22-19(27)18-9-6-5-7-10-18;/h5-7,9-10,15H,4,8,11-14H2,1-3H3,(H,22,27)(H2,21,23,24);1H. The van der Waals surface area contributed by atoms with E-state index in [2.05, 4.69) is 39.0 Å². The highest BCUT2D eigenvalue weighted by Crippen LogP contribution is 2.02. The number of halogens is 1. The first kappa shape index (κ1) is 23.9. The van der Waals surface area contributed by atoms with Gasteiger partial charge in [0.25, 0.3) is 5.91 Å². The second kappa shape index (κ2) is 13.1. The third kappa shape index (κ3) is 8.28. The van der Waals surface area contributed by atoms with E-state index in [0.29, 0.717) is 25.2 Å². The van der Waals surface area contributed by atoms with Crippen LogP contribution in [-0.4, -0.2) is 47.8 Å². The maximum Gasteiger partial charge on any atom is 0.251 e. The Kier molecular flexibility index (Phi) is 11.2. The number of aliphatic imine (C=N–C) groups is 1. The van der Waals surface area contributed by atoms with Gasteiger partial charge in [0.05, 0.1) is 5.69 Å². The topological polar surface area (TPSA) is 83.3 Å². The molecular formula is C20H31IN6O. The second-order valence-corrected chi connectivity index (χ2v) is 6.31. The molecule has 0 radical (unpaired) electrons. The van der Waals surface area contributed by atoms with E-state index in [9.17, 15) is 4.79 Å². The number of rotatable bonds is 9. The third-order valence-electron chi connectivity index (χ3n) is 3.98. The Hall–Kier alpha value is -2.10. The number of amides is 1. The van der Waals surface area contributed by atoms with Gasteiger partial charge >= 0.3 is 0 Å². The van der Waals surface area contributed by atoms with Crippen molar-refractivity contribution in [1.82, 2.24) is 25.7 Å². The van der Waals surface area contributed by atoms with Gasteiger partial charge in [0.15, 0.2) is 5.96 Å². The fraction of sp³-hybridized carbons (Fsp3) is 0.450. The average molecular weight is 498 g/mol. The molecule has 0 aliphatic heterocycles. The summed E-state index contributed by atoms with van der Waals surface area (Å²) < 4.78 is 2.02. The van der Waals surface area contributed by atoms with Crippen molar-refractivity contribution in [3.8, 4) is 0 Å². The molecule has 0 saturated carbocycles. The fourth-order valence-electron chi connectivity index (χ4n) is 2.70.